The van der Waals surface area contributed by atoms with Gasteiger partial charge in [-0.15, -0.1) is 0 Å². The second kappa shape index (κ2) is 13.8. The van der Waals surface area contributed by atoms with Crippen molar-refractivity contribution in [1.29, 1.82) is 0 Å². The van der Waals surface area contributed by atoms with Crippen molar-refractivity contribution in [3.8, 4) is 16.9 Å². The summed E-state index contributed by atoms with van der Waals surface area (Å²) in [5.41, 5.74) is 7.23. The van der Waals surface area contributed by atoms with Crippen molar-refractivity contribution in [1.82, 2.24) is 10.2 Å². The van der Waals surface area contributed by atoms with Crippen molar-refractivity contribution < 1.29 is 23.4 Å². The number of phenolic OH excluding ortho intramolecular Hbond substituents is 1. The molecule has 2 aliphatic heterocycles. The number of piperazine rings is 1. The first-order valence-electron chi connectivity index (χ1n) is 15.6. The van der Waals surface area contributed by atoms with Crippen LogP contribution in [0.25, 0.3) is 11.1 Å². The van der Waals surface area contributed by atoms with Crippen LogP contribution in [-0.2, 0) is 24.1 Å². The molecule has 238 valence electrons. The van der Waals surface area contributed by atoms with Crippen molar-refractivity contribution in [2.45, 2.75) is 25.8 Å². The number of methoxy groups -OCH3 is 1. The van der Waals surface area contributed by atoms with Gasteiger partial charge in [-0.25, -0.2) is 8.78 Å². The maximum absolute atomic E-state index is 14.4. The number of anilines is 1. The van der Waals surface area contributed by atoms with Gasteiger partial charge in [0.05, 0.1) is 6.54 Å². The smallest absolute Gasteiger partial charge is 0.257 e. The van der Waals surface area contributed by atoms with Gasteiger partial charge < -0.3 is 25.0 Å². The van der Waals surface area contributed by atoms with Crippen LogP contribution in [0.15, 0.2) is 77.8 Å². The Bertz CT molecular complexity index is 1780. The first kappa shape index (κ1) is 31.4. The molecule has 9 heteroatoms. The Morgan fingerprint density at radius 2 is 1.78 bits per heavy atom. The molecule has 0 atom stereocenters. The highest BCUT2D eigenvalue weighted by Gasteiger charge is 2.24. The number of aliphatic imine (C=N–C) groups is 1. The number of hydrogen-bond acceptors (Lipinski definition) is 6. The molecular formula is C37H38F2N4O3. The fraction of sp³-hybridized carbons (Fsp3) is 0.297. The number of benzene rings is 4. The SMILES string of the molecule is COCCCc1cc(N2CCN(C)CC2)ccc1C(=O)NC1=NCc2cc(-c3ccc(O)c(F)c3)c(Cc3cccc(F)c3)cc21. The molecule has 2 N–H and O–H groups in total. The predicted molar refractivity (Wildman–Crippen MR) is 177 cm³/mol. The number of carbonyl (C=O) groups is 1. The van der Waals surface area contributed by atoms with Gasteiger partial charge in [0, 0.05) is 56.7 Å². The third kappa shape index (κ3) is 6.95. The van der Waals surface area contributed by atoms with Gasteiger partial charge in [0.2, 0.25) is 0 Å². The average Bonchev–Trinajstić information content (AvgIpc) is 3.43. The average molecular weight is 625 g/mol. The van der Waals surface area contributed by atoms with E-state index in [1.54, 1.807) is 19.2 Å². The Hall–Kier alpha value is -4.60. The summed E-state index contributed by atoms with van der Waals surface area (Å²) in [4.78, 5) is 23.2. The summed E-state index contributed by atoms with van der Waals surface area (Å²) in [6.45, 7) is 4.80. The van der Waals surface area contributed by atoms with Crippen LogP contribution in [0.5, 0.6) is 5.75 Å². The molecule has 0 spiro atoms. The minimum atomic E-state index is -0.723. The lowest BCUT2D eigenvalue weighted by molar-refractivity contribution is 0.0976. The first-order valence-corrected chi connectivity index (χ1v) is 15.6. The van der Waals surface area contributed by atoms with Gasteiger partial charge in [-0.1, -0.05) is 18.2 Å². The number of nitrogens with zero attached hydrogens (tertiary/aromatic N) is 3. The monoisotopic (exact) mass is 624 g/mol. The number of aryl methyl sites for hydroxylation is 1. The van der Waals surface area contributed by atoms with Crippen LogP contribution < -0.4 is 10.2 Å². The van der Waals surface area contributed by atoms with Crippen molar-refractivity contribution in [3.05, 3.63) is 118 Å². The number of fused-ring (bicyclic) bond motifs is 1. The molecule has 0 aromatic heterocycles. The number of rotatable bonds is 9. The van der Waals surface area contributed by atoms with Gasteiger partial charge in [0.1, 0.15) is 11.7 Å². The summed E-state index contributed by atoms with van der Waals surface area (Å²) < 4.78 is 33.8. The highest BCUT2D eigenvalue weighted by molar-refractivity contribution is 6.15. The zero-order chi connectivity index (χ0) is 32.2. The lowest BCUT2D eigenvalue weighted by Crippen LogP contribution is -2.44. The van der Waals surface area contributed by atoms with Crippen LogP contribution in [0.1, 0.15) is 44.6 Å². The molecule has 7 nitrogen and oxygen atoms in total. The standard InChI is InChI=1S/C37H38F2N4O3/c1-42-12-14-43(15-13-42)30-9-10-31(25(19-30)6-4-16-46-2)37(45)41-36-33-20-27(17-24-5-3-7-29(38)18-24)32(21-28(33)23-40-36)26-8-11-35(44)34(39)22-26/h3,5,7-11,18-22,44H,4,6,12-17,23H2,1-2H3,(H,40,41,45). The van der Waals surface area contributed by atoms with Gasteiger partial charge in [-0.2, -0.15) is 0 Å². The Balaban J connectivity index is 1.30. The summed E-state index contributed by atoms with van der Waals surface area (Å²) in [6.07, 6.45) is 1.86. The van der Waals surface area contributed by atoms with Gasteiger partial charge in [-0.3, -0.25) is 9.79 Å². The summed E-state index contributed by atoms with van der Waals surface area (Å²) in [7, 11) is 3.80. The van der Waals surface area contributed by atoms with E-state index in [1.807, 2.05) is 30.3 Å². The molecule has 0 bridgehead atoms. The van der Waals surface area contributed by atoms with Crippen molar-refractivity contribution in [2.24, 2.45) is 4.99 Å². The normalized spacial score (nSPS) is 14.7. The number of nitrogens with one attached hydrogen (secondary N) is 1. The van der Waals surface area contributed by atoms with Crippen molar-refractivity contribution in [2.75, 3.05) is 51.8 Å². The highest BCUT2D eigenvalue weighted by atomic mass is 19.1. The fourth-order valence-corrected chi connectivity index (χ4v) is 6.20. The molecule has 1 saturated heterocycles. The number of hydrogen-bond donors (Lipinski definition) is 2. The van der Waals surface area contributed by atoms with E-state index in [9.17, 15) is 18.7 Å². The lowest BCUT2D eigenvalue weighted by Gasteiger charge is -2.34. The van der Waals surface area contributed by atoms with Crippen LogP contribution in [0.3, 0.4) is 0 Å². The topological polar surface area (TPSA) is 77.4 Å². The number of phenols is 1. The van der Waals surface area contributed by atoms with Crippen LogP contribution in [-0.4, -0.2) is 68.7 Å². The molecule has 0 aliphatic carbocycles. The van der Waals surface area contributed by atoms with Crippen LogP contribution in [0.2, 0.25) is 0 Å². The molecular weight excluding hydrogens is 586 g/mol. The van der Waals surface area contributed by atoms with E-state index < -0.39 is 11.6 Å². The molecule has 0 radical (unpaired) electrons. The molecule has 2 aliphatic rings. The van der Waals surface area contributed by atoms with E-state index in [2.05, 4.69) is 33.2 Å². The Labute approximate surface area is 268 Å². The molecule has 4 aromatic rings. The summed E-state index contributed by atoms with van der Waals surface area (Å²) in [6, 6.07) is 20.6. The largest absolute Gasteiger partial charge is 0.505 e. The third-order valence-electron chi connectivity index (χ3n) is 8.76. The van der Waals surface area contributed by atoms with Crippen LogP contribution in [0.4, 0.5) is 14.5 Å². The molecule has 6 rings (SSSR count). The molecule has 0 saturated carbocycles. The third-order valence-corrected chi connectivity index (χ3v) is 8.76. The van der Waals surface area contributed by atoms with Gasteiger partial charge in [0.25, 0.3) is 5.91 Å². The first-order chi connectivity index (χ1) is 22.3. The van der Waals surface area contributed by atoms with E-state index >= 15 is 0 Å². The van der Waals surface area contributed by atoms with E-state index in [1.165, 1.54) is 24.3 Å². The van der Waals surface area contributed by atoms with E-state index in [-0.39, 0.29) is 11.7 Å². The maximum Gasteiger partial charge on any atom is 0.257 e. The number of carbonyl (C=O) groups excluding carboxylic acids is 1. The summed E-state index contributed by atoms with van der Waals surface area (Å²) in [5.74, 6) is -1.26. The van der Waals surface area contributed by atoms with E-state index in [4.69, 9.17) is 4.74 Å². The number of halogens is 2. The van der Waals surface area contributed by atoms with Crippen LogP contribution >= 0.6 is 0 Å². The van der Waals surface area contributed by atoms with Gasteiger partial charge in [-0.05, 0) is 114 Å². The summed E-state index contributed by atoms with van der Waals surface area (Å²) in [5, 5.41) is 12.8. The predicted octanol–water partition coefficient (Wildman–Crippen LogP) is 5.95. The molecule has 2 heterocycles. The quantitative estimate of drug-likeness (QED) is 0.225. The molecule has 4 aromatic carbocycles. The minimum absolute atomic E-state index is 0.236. The molecule has 1 fully saturated rings. The van der Waals surface area contributed by atoms with Gasteiger partial charge in [0.15, 0.2) is 11.6 Å². The van der Waals surface area contributed by atoms with Gasteiger partial charge >= 0.3 is 0 Å². The van der Waals surface area contributed by atoms with E-state index in [0.717, 1.165) is 71.7 Å². The Morgan fingerprint density at radius 1 is 0.957 bits per heavy atom. The van der Waals surface area contributed by atoms with Crippen molar-refractivity contribution >= 4 is 17.4 Å². The second-order valence-electron chi connectivity index (χ2n) is 12.0. The molecule has 46 heavy (non-hydrogen) atoms. The van der Waals surface area contributed by atoms with E-state index in [0.29, 0.717) is 43.0 Å². The summed E-state index contributed by atoms with van der Waals surface area (Å²) >= 11 is 0. The number of likely N-dealkylation sites (N-methyl/N-ethyl adjacent to an activating group) is 1. The zero-order valence-electron chi connectivity index (χ0n) is 26.2. The zero-order valence-corrected chi connectivity index (χ0v) is 26.2. The Morgan fingerprint density at radius 3 is 2.54 bits per heavy atom. The fourth-order valence-electron chi connectivity index (χ4n) is 6.20. The minimum Gasteiger partial charge on any atom is -0.505 e. The number of aromatic hydroxyl groups is 1. The number of amidine groups is 1. The number of amides is 1. The lowest BCUT2D eigenvalue weighted by atomic mass is 9.90. The molecule has 1 amide bonds. The molecule has 0 unspecified atom stereocenters. The maximum atomic E-state index is 14.4. The highest BCUT2D eigenvalue weighted by Crippen LogP contribution is 2.34. The second-order valence-corrected chi connectivity index (χ2v) is 12.0. The van der Waals surface area contributed by atoms with Crippen LogP contribution in [0, 0.1) is 11.6 Å². The number of ether oxygens (including phenoxy) is 1. The van der Waals surface area contributed by atoms with Crippen molar-refractivity contribution in [3.63, 3.8) is 0 Å². The Kier molecular flexibility index (Phi) is 9.42.